The lowest BCUT2D eigenvalue weighted by molar-refractivity contribution is 0.0634. The highest BCUT2D eigenvalue weighted by molar-refractivity contribution is 6.22. The van der Waals surface area contributed by atoms with Crippen molar-refractivity contribution >= 4 is 23.6 Å². The van der Waals surface area contributed by atoms with Gasteiger partial charge in [0.15, 0.2) is 11.5 Å². The molecule has 2 heterocycles. The van der Waals surface area contributed by atoms with E-state index in [1.165, 1.54) is 18.1 Å². The average Bonchev–Trinajstić information content (AvgIpc) is 3.15. The van der Waals surface area contributed by atoms with Crippen molar-refractivity contribution in [2.24, 2.45) is 11.8 Å². The summed E-state index contributed by atoms with van der Waals surface area (Å²) in [4.78, 5) is 54.1. The van der Waals surface area contributed by atoms with Crippen LogP contribution in [0.1, 0.15) is 68.1 Å². The molecular formula is C28H33N3O6. The Bertz CT molecular complexity index is 1220. The van der Waals surface area contributed by atoms with Crippen molar-refractivity contribution in [1.82, 2.24) is 15.1 Å². The molecule has 2 aliphatic heterocycles. The maximum Gasteiger partial charge on any atom is 0.261 e. The number of piperidine rings is 1. The molecule has 0 aliphatic carbocycles. The summed E-state index contributed by atoms with van der Waals surface area (Å²) in [7, 11) is 3.09. The normalized spacial score (nSPS) is 15.7. The van der Waals surface area contributed by atoms with Crippen LogP contribution < -0.4 is 14.8 Å². The zero-order chi connectivity index (χ0) is 26.7. The van der Waals surface area contributed by atoms with Crippen molar-refractivity contribution < 1.29 is 28.7 Å². The standard InChI is InChI=1S/C28H33N3O6/c1-17(2)16-31-27(34)21-7-5-19(13-22(21)28(31)35)25(32)29-15-18-9-11-30(12-10-18)26(33)20-6-8-23(36-3)24(14-20)37-4/h5-8,13-14,17-18H,9-12,15-16H2,1-4H3,(H,29,32). The second-order valence-corrected chi connectivity index (χ2v) is 9.89. The molecule has 9 heteroatoms. The van der Waals surface area contributed by atoms with E-state index in [1.807, 2.05) is 18.7 Å². The van der Waals surface area contributed by atoms with E-state index >= 15 is 0 Å². The van der Waals surface area contributed by atoms with Crippen LogP contribution in [0.2, 0.25) is 0 Å². The van der Waals surface area contributed by atoms with E-state index in [9.17, 15) is 19.2 Å². The van der Waals surface area contributed by atoms with Gasteiger partial charge in [0.2, 0.25) is 0 Å². The zero-order valence-electron chi connectivity index (χ0n) is 21.7. The van der Waals surface area contributed by atoms with Crippen LogP contribution in [0.25, 0.3) is 0 Å². The number of carbonyl (C=O) groups excluding carboxylic acids is 4. The Morgan fingerprint density at radius 2 is 1.57 bits per heavy atom. The van der Waals surface area contributed by atoms with Gasteiger partial charge in [0.1, 0.15) is 0 Å². The Balaban J connectivity index is 1.30. The highest BCUT2D eigenvalue weighted by Gasteiger charge is 2.36. The van der Waals surface area contributed by atoms with Crippen molar-refractivity contribution in [3.05, 3.63) is 58.7 Å². The minimum Gasteiger partial charge on any atom is -0.493 e. The first kappa shape index (κ1) is 26.2. The summed E-state index contributed by atoms with van der Waals surface area (Å²) in [5.74, 6) is 0.464. The molecule has 0 spiro atoms. The highest BCUT2D eigenvalue weighted by atomic mass is 16.5. The van der Waals surface area contributed by atoms with Gasteiger partial charge in [-0.25, -0.2) is 0 Å². The van der Waals surface area contributed by atoms with E-state index in [2.05, 4.69) is 5.32 Å². The molecule has 0 unspecified atom stereocenters. The topological polar surface area (TPSA) is 105 Å². The Kier molecular flexibility index (Phi) is 7.80. The molecule has 2 aromatic rings. The molecule has 37 heavy (non-hydrogen) atoms. The Hall–Kier alpha value is -3.88. The number of ether oxygens (including phenoxy) is 2. The van der Waals surface area contributed by atoms with Gasteiger partial charge in [-0.15, -0.1) is 0 Å². The molecule has 1 saturated heterocycles. The van der Waals surface area contributed by atoms with E-state index in [1.54, 1.807) is 37.4 Å². The predicted molar refractivity (Wildman–Crippen MR) is 137 cm³/mol. The zero-order valence-corrected chi connectivity index (χ0v) is 21.7. The van der Waals surface area contributed by atoms with Gasteiger partial charge in [-0.3, -0.25) is 24.1 Å². The molecule has 4 rings (SSSR count). The molecule has 0 radical (unpaired) electrons. The van der Waals surface area contributed by atoms with Crippen LogP contribution in [0.5, 0.6) is 11.5 Å². The lowest BCUT2D eigenvalue weighted by Gasteiger charge is -2.32. The van der Waals surface area contributed by atoms with Gasteiger partial charge < -0.3 is 19.7 Å². The molecule has 1 fully saturated rings. The van der Waals surface area contributed by atoms with E-state index in [-0.39, 0.29) is 41.0 Å². The number of nitrogens with zero attached hydrogens (tertiary/aromatic N) is 2. The van der Waals surface area contributed by atoms with Crippen LogP contribution in [-0.2, 0) is 0 Å². The maximum absolute atomic E-state index is 13.0. The van der Waals surface area contributed by atoms with Crippen molar-refractivity contribution in [2.45, 2.75) is 26.7 Å². The molecule has 0 aromatic heterocycles. The highest BCUT2D eigenvalue weighted by Crippen LogP contribution is 2.29. The summed E-state index contributed by atoms with van der Waals surface area (Å²) >= 11 is 0. The SMILES string of the molecule is COc1ccc(C(=O)N2CCC(CNC(=O)c3ccc4c(c3)C(=O)N(CC(C)C)C4=O)CC2)cc1OC. The predicted octanol–water partition coefficient (Wildman–Crippen LogP) is 3.24. The number of carbonyl (C=O) groups is 4. The molecule has 4 amide bonds. The average molecular weight is 508 g/mol. The molecule has 0 atom stereocenters. The van der Waals surface area contributed by atoms with Crippen LogP contribution >= 0.6 is 0 Å². The second kappa shape index (κ2) is 11.0. The quantitative estimate of drug-likeness (QED) is 0.550. The van der Waals surface area contributed by atoms with Crippen LogP contribution in [0.15, 0.2) is 36.4 Å². The number of nitrogens with one attached hydrogen (secondary N) is 1. The van der Waals surface area contributed by atoms with Crippen LogP contribution in [0.4, 0.5) is 0 Å². The molecule has 196 valence electrons. The fourth-order valence-electron chi connectivity index (χ4n) is 4.79. The number of amides is 4. The molecule has 9 nitrogen and oxygen atoms in total. The maximum atomic E-state index is 13.0. The van der Waals surface area contributed by atoms with Gasteiger partial charge in [0.05, 0.1) is 25.3 Å². The van der Waals surface area contributed by atoms with Gasteiger partial charge in [-0.1, -0.05) is 13.8 Å². The molecule has 0 saturated carbocycles. The first-order valence-corrected chi connectivity index (χ1v) is 12.5. The smallest absolute Gasteiger partial charge is 0.261 e. The summed E-state index contributed by atoms with van der Waals surface area (Å²) in [5.41, 5.74) is 1.52. The number of rotatable bonds is 8. The fraction of sp³-hybridized carbons (Fsp3) is 0.429. The van der Waals surface area contributed by atoms with Crippen molar-refractivity contribution in [1.29, 1.82) is 0 Å². The van der Waals surface area contributed by atoms with Gasteiger partial charge >= 0.3 is 0 Å². The third-order valence-electron chi connectivity index (χ3n) is 6.86. The minimum absolute atomic E-state index is 0.0627. The third kappa shape index (κ3) is 5.45. The summed E-state index contributed by atoms with van der Waals surface area (Å²) in [6.07, 6.45) is 1.53. The number of likely N-dealkylation sites (tertiary alicyclic amines) is 1. The number of benzene rings is 2. The minimum atomic E-state index is -0.352. The van der Waals surface area contributed by atoms with E-state index in [0.717, 1.165) is 12.8 Å². The number of imide groups is 1. The number of hydrogen-bond donors (Lipinski definition) is 1. The van der Waals surface area contributed by atoms with Gasteiger partial charge in [-0.05, 0) is 61.1 Å². The largest absolute Gasteiger partial charge is 0.493 e. The molecule has 0 bridgehead atoms. The molecule has 1 N–H and O–H groups in total. The Morgan fingerprint density at radius 3 is 2.22 bits per heavy atom. The first-order chi connectivity index (χ1) is 17.7. The van der Waals surface area contributed by atoms with E-state index < -0.39 is 0 Å². The molecular weight excluding hydrogens is 474 g/mol. The van der Waals surface area contributed by atoms with Crippen LogP contribution in [0, 0.1) is 11.8 Å². The van der Waals surface area contributed by atoms with E-state index in [0.29, 0.717) is 54.4 Å². The summed E-state index contributed by atoms with van der Waals surface area (Å²) in [6.45, 7) is 5.89. The Labute approximate surface area is 216 Å². The van der Waals surface area contributed by atoms with Gasteiger partial charge in [-0.2, -0.15) is 0 Å². The lowest BCUT2D eigenvalue weighted by atomic mass is 9.96. The lowest BCUT2D eigenvalue weighted by Crippen LogP contribution is -2.41. The monoisotopic (exact) mass is 507 g/mol. The van der Waals surface area contributed by atoms with Gasteiger partial charge in [0.25, 0.3) is 23.6 Å². The second-order valence-electron chi connectivity index (χ2n) is 9.89. The Morgan fingerprint density at radius 1 is 0.919 bits per heavy atom. The summed E-state index contributed by atoms with van der Waals surface area (Å²) in [5, 5.41) is 2.95. The number of methoxy groups -OCH3 is 2. The summed E-state index contributed by atoms with van der Waals surface area (Å²) in [6, 6.07) is 9.79. The first-order valence-electron chi connectivity index (χ1n) is 12.5. The van der Waals surface area contributed by atoms with E-state index in [4.69, 9.17) is 9.47 Å². The van der Waals surface area contributed by atoms with Gasteiger partial charge in [0, 0.05) is 37.3 Å². The summed E-state index contributed by atoms with van der Waals surface area (Å²) < 4.78 is 10.5. The molecule has 2 aliphatic rings. The number of hydrogen-bond acceptors (Lipinski definition) is 6. The van der Waals surface area contributed by atoms with Crippen molar-refractivity contribution in [3.63, 3.8) is 0 Å². The van der Waals surface area contributed by atoms with Crippen molar-refractivity contribution in [2.75, 3.05) is 40.4 Å². The van der Waals surface area contributed by atoms with Crippen LogP contribution in [0.3, 0.4) is 0 Å². The number of fused-ring (bicyclic) bond motifs is 1. The molecule has 2 aromatic carbocycles. The fourth-order valence-corrected chi connectivity index (χ4v) is 4.79. The van der Waals surface area contributed by atoms with Crippen LogP contribution in [-0.4, -0.2) is 73.8 Å². The third-order valence-corrected chi connectivity index (χ3v) is 6.86. The van der Waals surface area contributed by atoms with Crippen molar-refractivity contribution in [3.8, 4) is 11.5 Å².